The molecule has 0 aliphatic carbocycles. The molecular weight excluding hydrogens is 628 g/mol. The fourth-order valence-corrected chi connectivity index (χ4v) is 6.20. The number of sulfone groups is 1. The number of amides is 1. The van der Waals surface area contributed by atoms with Gasteiger partial charge in [0.25, 0.3) is 0 Å². The maximum atomic E-state index is 15.1. The van der Waals surface area contributed by atoms with Crippen LogP contribution in [0.4, 0.5) is 23.4 Å². The summed E-state index contributed by atoms with van der Waals surface area (Å²) in [6, 6.07) is 5.77. The third-order valence-corrected chi connectivity index (χ3v) is 8.39. The SMILES string of the molecule is C=CC(=O)N1CCN(c2nc(=O)n(-c3cccnc3S(C)(=O)=O)c3nc(-c4c(F)cccc4C(F)(F)F)c(Cl)cc23)[C@@H](C)C1. The molecule has 1 amide bonds. The first-order chi connectivity index (χ1) is 20.6. The fourth-order valence-electron chi connectivity index (χ4n) is 5.16. The van der Waals surface area contributed by atoms with Gasteiger partial charge in [-0.25, -0.2) is 32.1 Å². The summed E-state index contributed by atoms with van der Waals surface area (Å²) in [4.78, 5) is 41.6. The van der Waals surface area contributed by atoms with Crippen LogP contribution in [0.2, 0.25) is 5.02 Å². The van der Waals surface area contributed by atoms with Crippen molar-refractivity contribution in [1.82, 2.24) is 24.4 Å². The van der Waals surface area contributed by atoms with Gasteiger partial charge in [-0.3, -0.25) is 4.79 Å². The van der Waals surface area contributed by atoms with Crippen LogP contribution in [0, 0.1) is 5.82 Å². The van der Waals surface area contributed by atoms with Crippen molar-refractivity contribution in [3.8, 4) is 16.9 Å². The highest BCUT2D eigenvalue weighted by Gasteiger charge is 2.37. The maximum Gasteiger partial charge on any atom is 0.417 e. The van der Waals surface area contributed by atoms with Gasteiger partial charge in [0.15, 0.2) is 20.5 Å². The molecule has 3 aromatic heterocycles. The number of rotatable bonds is 5. The molecule has 1 fully saturated rings. The minimum absolute atomic E-state index is 0.0368. The Morgan fingerprint density at radius 1 is 1.16 bits per heavy atom. The Hall–Kier alpha value is -4.37. The van der Waals surface area contributed by atoms with E-state index in [9.17, 15) is 31.2 Å². The van der Waals surface area contributed by atoms with Crippen LogP contribution in [-0.2, 0) is 20.8 Å². The van der Waals surface area contributed by atoms with Gasteiger partial charge in [-0.2, -0.15) is 18.2 Å². The number of carbonyl (C=O) groups excluding carboxylic acids is 1. The lowest BCUT2D eigenvalue weighted by molar-refractivity contribution is -0.137. The topological polar surface area (TPSA) is 118 Å². The van der Waals surface area contributed by atoms with Crippen molar-refractivity contribution in [2.75, 3.05) is 30.8 Å². The number of alkyl halides is 3. The van der Waals surface area contributed by atoms with Gasteiger partial charge in [0.2, 0.25) is 5.91 Å². The smallest absolute Gasteiger partial charge is 0.350 e. The summed E-state index contributed by atoms with van der Waals surface area (Å²) in [6.07, 6.45) is -1.77. The van der Waals surface area contributed by atoms with Gasteiger partial charge >= 0.3 is 11.9 Å². The highest BCUT2D eigenvalue weighted by atomic mass is 35.5. The van der Waals surface area contributed by atoms with Gasteiger partial charge in [0.05, 0.1) is 27.4 Å². The first-order valence-corrected chi connectivity index (χ1v) is 15.2. The first-order valence-electron chi connectivity index (χ1n) is 13.0. The number of benzene rings is 1. The largest absolute Gasteiger partial charge is 0.417 e. The molecule has 0 unspecified atom stereocenters. The van der Waals surface area contributed by atoms with E-state index in [1.165, 1.54) is 30.5 Å². The zero-order valence-electron chi connectivity index (χ0n) is 23.1. The average molecular weight is 651 g/mol. The maximum absolute atomic E-state index is 15.1. The summed E-state index contributed by atoms with van der Waals surface area (Å²) < 4.78 is 83.1. The van der Waals surface area contributed by atoms with Crippen LogP contribution >= 0.6 is 11.6 Å². The van der Waals surface area contributed by atoms with E-state index in [2.05, 4.69) is 21.5 Å². The Kier molecular flexibility index (Phi) is 7.97. The molecular formula is C28H23ClF4N6O4S. The normalized spacial score (nSPS) is 15.9. The predicted octanol–water partition coefficient (Wildman–Crippen LogP) is 4.28. The highest BCUT2D eigenvalue weighted by molar-refractivity contribution is 7.90. The second kappa shape index (κ2) is 11.3. The molecule has 4 aromatic rings. The Morgan fingerprint density at radius 2 is 1.89 bits per heavy atom. The van der Waals surface area contributed by atoms with Crippen molar-refractivity contribution in [3.05, 3.63) is 82.1 Å². The van der Waals surface area contributed by atoms with E-state index >= 15 is 4.39 Å². The van der Waals surface area contributed by atoms with Crippen molar-refractivity contribution in [3.63, 3.8) is 0 Å². The van der Waals surface area contributed by atoms with Crippen LogP contribution in [0.3, 0.4) is 0 Å². The molecule has 44 heavy (non-hydrogen) atoms. The summed E-state index contributed by atoms with van der Waals surface area (Å²) in [6.45, 7) is 5.91. The molecule has 0 radical (unpaired) electrons. The number of pyridine rings is 2. The highest BCUT2D eigenvalue weighted by Crippen LogP contribution is 2.42. The number of aromatic nitrogens is 4. The van der Waals surface area contributed by atoms with Crippen LogP contribution in [-0.4, -0.2) is 70.7 Å². The third-order valence-electron chi connectivity index (χ3n) is 7.09. The number of hydrogen-bond acceptors (Lipinski definition) is 8. The number of fused-ring (bicyclic) bond motifs is 1. The molecule has 1 aliphatic rings. The van der Waals surface area contributed by atoms with Crippen LogP contribution in [0.5, 0.6) is 0 Å². The Labute approximate surface area is 253 Å². The predicted molar refractivity (Wildman–Crippen MR) is 155 cm³/mol. The fraction of sp³-hybridized carbons (Fsp3) is 0.250. The molecule has 1 saturated heterocycles. The second-order valence-electron chi connectivity index (χ2n) is 10.0. The molecule has 16 heteroatoms. The monoisotopic (exact) mass is 650 g/mol. The third kappa shape index (κ3) is 5.52. The van der Waals surface area contributed by atoms with E-state index in [0.29, 0.717) is 6.07 Å². The molecule has 0 bridgehead atoms. The summed E-state index contributed by atoms with van der Waals surface area (Å²) in [7, 11) is -4.04. The van der Waals surface area contributed by atoms with Gasteiger partial charge in [-0.1, -0.05) is 24.2 Å². The lowest BCUT2D eigenvalue weighted by Gasteiger charge is -2.40. The van der Waals surface area contributed by atoms with Crippen LogP contribution in [0.25, 0.3) is 28.0 Å². The number of hydrogen-bond donors (Lipinski definition) is 0. The molecule has 5 rings (SSSR count). The Morgan fingerprint density at radius 3 is 2.52 bits per heavy atom. The second-order valence-corrected chi connectivity index (χ2v) is 12.4. The van der Waals surface area contributed by atoms with E-state index in [1.54, 1.807) is 16.7 Å². The van der Waals surface area contributed by atoms with Gasteiger partial charge in [-0.15, -0.1) is 0 Å². The van der Waals surface area contributed by atoms with E-state index in [0.717, 1.165) is 23.0 Å². The number of anilines is 1. The zero-order valence-corrected chi connectivity index (χ0v) is 24.7. The van der Waals surface area contributed by atoms with Crippen LogP contribution in [0.15, 0.2) is 65.1 Å². The van der Waals surface area contributed by atoms with E-state index in [1.807, 2.05) is 0 Å². The van der Waals surface area contributed by atoms with Crippen molar-refractivity contribution < 1.29 is 30.8 Å². The number of carbonyl (C=O) groups is 1. The first kappa shape index (κ1) is 31.1. The summed E-state index contributed by atoms with van der Waals surface area (Å²) in [5, 5.41) is -0.853. The minimum Gasteiger partial charge on any atom is -0.350 e. The Bertz CT molecular complexity index is 2000. The number of halogens is 5. The number of piperazine rings is 1. The number of nitrogens with zero attached hydrogens (tertiary/aromatic N) is 6. The molecule has 0 N–H and O–H groups in total. The van der Waals surface area contributed by atoms with Gasteiger partial charge in [-0.05, 0) is 43.3 Å². The van der Waals surface area contributed by atoms with E-state index < -0.39 is 55.4 Å². The lowest BCUT2D eigenvalue weighted by atomic mass is 10.0. The standard InChI is InChI=1S/C28H23ClF4N6O4S/c1-4-21(40)37-11-12-38(15(2)14-37)24-16-13-18(29)23(22-17(28(31,32)33)7-5-8-19(22)30)35-25(16)39(27(41)36-24)20-9-6-10-34-26(20)44(3,42)43/h4-10,13,15H,1,11-12,14H2,2-3H3/t15-/m0/s1. The lowest BCUT2D eigenvalue weighted by Crippen LogP contribution is -2.54. The van der Waals surface area contributed by atoms with E-state index in [-0.39, 0.29) is 53.1 Å². The minimum atomic E-state index is -4.99. The van der Waals surface area contributed by atoms with Crippen molar-refractivity contribution in [1.29, 1.82) is 0 Å². The van der Waals surface area contributed by atoms with E-state index in [4.69, 9.17) is 11.6 Å². The van der Waals surface area contributed by atoms with Crippen molar-refractivity contribution in [2.45, 2.75) is 24.2 Å². The molecule has 4 heterocycles. The summed E-state index contributed by atoms with van der Waals surface area (Å²) in [5.41, 5.74) is -4.59. The average Bonchev–Trinajstić information content (AvgIpc) is 2.95. The summed E-state index contributed by atoms with van der Waals surface area (Å²) in [5.74, 6) is -1.53. The van der Waals surface area contributed by atoms with Crippen molar-refractivity contribution >= 4 is 44.2 Å². The zero-order chi connectivity index (χ0) is 32.1. The van der Waals surface area contributed by atoms with Gasteiger partial charge in [0.1, 0.15) is 11.6 Å². The van der Waals surface area contributed by atoms with Gasteiger partial charge in [0, 0.05) is 43.7 Å². The molecule has 0 saturated carbocycles. The van der Waals surface area contributed by atoms with Crippen LogP contribution in [0.1, 0.15) is 12.5 Å². The van der Waals surface area contributed by atoms with Crippen molar-refractivity contribution in [2.24, 2.45) is 0 Å². The summed E-state index contributed by atoms with van der Waals surface area (Å²) >= 11 is 6.50. The molecule has 10 nitrogen and oxygen atoms in total. The molecule has 1 aromatic carbocycles. The van der Waals surface area contributed by atoms with Gasteiger partial charge < -0.3 is 9.80 Å². The van der Waals surface area contributed by atoms with Crippen LogP contribution < -0.4 is 10.6 Å². The quantitative estimate of drug-likeness (QED) is 0.232. The molecule has 1 atom stereocenters. The Balaban J connectivity index is 1.86. The molecule has 0 spiro atoms. The molecule has 230 valence electrons. The molecule has 1 aliphatic heterocycles.